The first-order chi connectivity index (χ1) is 8.24. The quantitative estimate of drug-likeness (QED) is 0.386. The number of halogens is 1. The Kier molecular flexibility index (Phi) is 11.5. The zero-order valence-electron chi connectivity index (χ0n) is 12.2. The molecule has 0 radical (unpaired) electrons. The first kappa shape index (κ1) is 17.2. The molecule has 0 aliphatic carbocycles. The summed E-state index contributed by atoms with van der Waals surface area (Å²) in [5.74, 6) is 0.781. The largest absolute Gasteiger partial charge is 0.316 e. The lowest BCUT2D eigenvalue weighted by molar-refractivity contribution is 0.286. The van der Waals surface area contributed by atoms with Crippen LogP contribution in [0.25, 0.3) is 0 Å². The summed E-state index contributed by atoms with van der Waals surface area (Å²) in [5, 5.41) is 3.59. The van der Waals surface area contributed by atoms with E-state index >= 15 is 0 Å². The van der Waals surface area contributed by atoms with Crippen molar-refractivity contribution in [1.82, 2.24) is 5.32 Å². The second kappa shape index (κ2) is 11.3. The van der Waals surface area contributed by atoms with Gasteiger partial charge in [-0.1, -0.05) is 52.9 Å². The molecular formula is C15H32ClN. The Hall–Kier alpha value is 0.250. The van der Waals surface area contributed by atoms with Crippen LogP contribution < -0.4 is 5.32 Å². The van der Waals surface area contributed by atoms with Gasteiger partial charge in [-0.3, -0.25) is 0 Å². The van der Waals surface area contributed by atoms with Crippen LogP contribution in [0.2, 0.25) is 0 Å². The molecule has 0 saturated carbocycles. The fraction of sp³-hybridized carbons (Fsp3) is 1.00. The highest BCUT2D eigenvalue weighted by atomic mass is 35.5. The van der Waals surface area contributed by atoms with Crippen molar-refractivity contribution in [3.8, 4) is 0 Å². The van der Waals surface area contributed by atoms with E-state index in [2.05, 4.69) is 26.1 Å². The first-order valence-electron chi connectivity index (χ1n) is 7.51. The van der Waals surface area contributed by atoms with Gasteiger partial charge in [-0.2, -0.15) is 0 Å². The number of unbranched alkanes of at least 4 members (excludes halogenated alkanes) is 5. The van der Waals surface area contributed by atoms with E-state index in [1.807, 2.05) is 0 Å². The minimum Gasteiger partial charge on any atom is -0.316 e. The Balaban J connectivity index is 3.43. The van der Waals surface area contributed by atoms with Gasteiger partial charge in [-0.05, 0) is 31.2 Å². The third-order valence-electron chi connectivity index (χ3n) is 3.99. The van der Waals surface area contributed by atoms with E-state index in [9.17, 15) is 0 Å². The van der Waals surface area contributed by atoms with Crippen LogP contribution in [0.1, 0.15) is 72.1 Å². The molecule has 0 rings (SSSR count). The molecule has 0 spiro atoms. The second-order valence-corrected chi connectivity index (χ2v) is 5.55. The predicted molar refractivity (Wildman–Crippen MR) is 80.0 cm³/mol. The highest BCUT2D eigenvalue weighted by molar-refractivity contribution is 6.18. The summed E-state index contributed by atoms with van der Waals surface area (Å²) in [7, 11) is 0. The lowest BCUT2D eigenvalue weighted by Crippen LogP contribution is -2.35. The SMILES string of the molecule is CCCCCCCCNCC(CC)(CC)CCl. The normalized spacial score (nSPS) is 12.0. The van der Waals surface area contributed by atoms with Gasteiger partial charge in [0, 0.05) is 12.4 Å². The molecule has 1 nitrogen and oxygen atoms in total. The molecule has 0 saturated heterocycles. The molecule has 0 heterocycles. The molecule has 0 atom stereocenters. The third-order valence-corrected chi connectivity index (χ3v) is 4.56. The van der Waals surface area contributed by atoms with E-state index in [1.54, 1.807) is 0 Å². The van der Waals surface area contributed by atoms with Crippen molar-refractivity contribution >= 4 is 11.6 Å². The average Bonchev–Trinajstić information content (AvgIpc) is 2.38. The maximum Gasteiger partial charge on any atom is 0.0291 e. The number of hydrogen-bond acceptors (Lipinski definition) is 1. The standard InChI is InChI=1S/C15H32ClN/c1-4-7-8-9-10-11-12-17-14-15(5-2,6-3)13-16/h17H,4-14H2,1-3H3. The van der Waals surface area contributed by atoms with Crippen LogP contribution in [0.4, 0.5) is 0 Å². The van der Waals surface area contributed by atoms with Crippen molar-refractivity contribution in [2.45, 2.75) is 72.1 Å². The van der Waals surface area contributed by atoms with E-state index in [1.165, 1.54) is 51.4 Å². The van der Waals surface area contributed by atoms with E-state index in [-0.39, 0.29) is 0 Å². The maximum absolute atomic E-state index is 6.08. The van der Waals surface area contributed by atoms with Gasteiger partial charge in [-0.25, -0.2) is 0 Å². The molecular weight excluding hydrogens is 230 g/mol. The summed E-state index contributed by atoms with van der Waals surface area (Å²) in [5.41, 5.74) is 0.323. The van der Waals surface area contributed by atoms with Crippen molar-refractivity contribution in [3.63, 3.8) is 0 Å². The third kappa shape index (κ3) is 8.05. The van der Waals surface area contributed by atoms with Crippen LogP contribution in [0.15, 0.2) is 0 Å². The smallest absolute Gasteiger partial charge is 0.0291 e. The van der Waals surface area contributed by atoms with Crippen LogP contribution in [-0.4, -0.2) is 19.0 Å². The van der Waals surface area contributed by atoms with Crippen LogP contribution in [0.5, 0.6) is 0 Å². The Morgan fingerprint density at radius 2 is 1.47 bits per heavy atom. The average molecular weight is 262 g/mol. The highest BCUT2D eigenvalue weighted by Crippen LogP contribution is 2.26. The molecule has 17 heavy (non-hydrogen) atoms. The number of alkyl halides is 1. The summed E-state index contributed by atoms with van der Waals surface area (Å²) in [6.45, 7) is 9.00. The molecule has 0 aliphatic rings. The van der Waals surface area contributed by atoms with Gasteiger partial charge in [0.1, 0.15) is 0 Å². The molecule has 0 aromatic heterocycles. The predicted octanol–water partition coefficient (Wildman–Crippen LogP) is 4.98. The summed E-state index contributed by atoms with van der Waals surface area (Å²) in [6, 6.07) is 0. The molecule has 0 aliphatic heterocycles. The van der Waals surface area contributed by atoms with Crippen molar-refractivity contribution in [2.75, 3.05) is 19.0 Å². The molecule has 0 bridgehead atoms. The van der Waals surface area contributed by atoms with Crippen molar-refractivity contribution < 1.29 is 0 Å². The fourth-order valence-corrected chi connectivity index (χ4v) is 2.59. The lowest BCUT2D eigenvalue weighted by atomic mass is 9.84. The first-order valence-corrected chi connectivity index (χ1v) is 8.04. The van der Waals surface area contributed by atoms with Gasteiger partial charge in [0.05, 0.1) is 0 Å². The molecule has 0 unspecified atom stereocenters. The van der Waals surface area contributed by atoms with E-state index in [4.69, 9.17) is 11.6 Å². The Bertz CT molecular complexity index is 147. The van der Waals surface area contributed by atoms with Gasteiger partial charge in [-0.15, -0.1) is 11.6 Å². The van der Waals surface area contributed by atoms with Gasteiger partial charge in [0.2, 0.25) is 0 Å². The van der Waals surface area contributed by atoms with E-state index < -0.39 is 0 Å². The second-order valence-electron chi connectivity index (χ2n) is 5.29. The van der Waals surface area contributed by atoms with Crippen molar-refractivity contribution in [1.29, 1.82) is 0 Å². The molecule has 0 aromatic rings. The van der Waals surface area contributed by atoms with Crippen LogP contribution in [0.3, 0.4) is 0 Å². The minimum absolute atomic E-state index is 0.323. The highest BCUT2D eigenvalue weighted by Gasteiger charge is 2.23. The lowest BCUT2D eigenvalue weighted by Gasteiger charge is -2.29. The Morgan fingerprint density at radius 3 is 2.00 bits per heavy atom. The summed E-state index contributed by atoms with van der Waals surface area (Å²) in [4.78, 5) is 0. The zero-order valence-corrected chi connectivity index (χ0v) is 12.9. The Morgan fingerprint density at radius 1 is 0.882 bits per heavy atom. The number of nitrogens with one attached hydrogen (secondary N) is 1. The minimum atomic E-state index is 0.323. The molecule has 0 amide bonds. The van der Waals surface area contributed by atoms with E-state index in [0.717, 1.165) is 19.0 Å². The summed E-state index contributed by atoms with van der Waals surface area (Å²) in [6.07, 6.45) is 10.6. The molecule has 0 aromatic carbocycles. The van der Waals surface area contributed by atoms with Gasteiger partial charge in [0.25, 0.3) is 0 Å². The zero-order chi connectivity index (χ0) is 13.0. The Labute approximate surface area is 114 Å². The fourth-order valence-electron chi connectivity index (χ4n) is 2.12. The van der Waals surface area contributed by atoms with Crippen molar-refractivity contribution in [2.24, 2.45) is 5.41 Å². The summed E-state index contributed by atoms with van der Waals surface area (Å²) >= 11 is 6.08. The molecule has 0 fully saturated rings. The summed E-state index contributed by atoms with van der Waals surface area (Å²) < 4.78 is 0. The van der Waals surface area contributed by atoms with Gasteiger partial charge >= 0.3 is 0 Å². The number of rotatable bonds is 12. The van der Waals surface area contributed by atoms with E-state index in [0.29, 0.717) is 5.41 Å². The maximum atomic E-state index is 6.08. The van der Waals surface area contributed by atoms with Crippen LogP contribution in [0, 0.1) is 5.41 Å². The van der Waals surface area contributed by atoms with Gasteiger partial charge in [0.15, 0.2) is 0 Å². The van der Waals surface area contributed by atoms with Crippen LogP contribution in [-0.2, 0) is 0 Å². The topological polar surface area (TPSA) is 12.0 Å². The van der Waals surface area contributed by atoms with Gasteiger partial charge < -0.3 is 5.32 Å². The monoisotopic (exact) mass is 261 g/mol. The number of hydrogen-bond donors (Lipinski definition) is 1. The van der Waals surface area contributed by atoms with Crippen molar-refractivity contribution in [3.05, 3.63) is 0 Å². The molecule has 1 N–H and O–H groups in total. The molecule has 104 valence electrons. The van der Waals surface area contributed by atoms with Crippen LogP contribution >= 0.6 is 11.6 Å². The molecule has 2 heteroatoms.